The van der Waals surface area contributed by atoms with E-state index in [1.165, 1.54) is 0 Å². The van der Waals surface area contributed by atoms with Crippen LogP contribution in [-0.2, 0) is 16.4 Å². The third-order valence-electron chi connectivity index (χ3n) is 3.51. The lowest BCUT2D eigenvalue weighted by atomic mass is 10.1. The van der Waals surface area contributed by atoms with E-state index in [0.717, 1.165) is 18.2 Å². The number of rotatable bonds is 8. The molecule has 0 aliphatic heterocycles. The summed E-state index contributed by atoms with van der Waals surface area (Å²) in [4.78, 5) is 15.8. The summed E-state index contributed by atoms with van der Waals surface area (Å²) in [6.45, 7) is 4.58. The second-order valence-electron chi connectivity index (χ2n) is 6.64. The maximum absolute atomic E-state index is 11.7. The van der Waals surface area contributed by atoms with Gasteiger partial charge in [-0.1, -0.05) is 12.1 Å². The highest BCUT2D eigenvalue weighted by atomic mass is 127. The Morgan fingerprint density at radius 3 is 2.44 bits per heavy atom. The van der Waals surface area contributed by atoms with Gasteiger partial charge in [-0.2, -0.15) is 0 Å². The minimum atomic E-state index is -3.29. The first-order chi connectivity index (χ1) is 12.1. The molecule has 1 aromatic rings. The van der Waals surface area contributed by atoms with Crippen LogP contribution in [0.1, 0.15) is 29.8 Å². The van der Waals surface area contributed by atoms with E-state index in [1.807, 2.05) is 18.2 Å². The van der Waals surface area contributed by atoms with Crippen LogP contribution in [0.15, 0.2) is 29.3 Å². The fourth-order valence-electron chi connectivity index (χ4n) is 2.40. The Hall–Kier alpha value is -1.40. The summed E-state index contributed by atoms with van der Waals surface area (Å²) in [6, 6.07) is 7.44. The van der Waals surface area contributed by atoms with Gasteiger partial charge in [-0.15, -0.1) is 24.0 Å². The van der Waals surface area contributed by atoms with Gasteiger partial charge in [-0.3, -0.25) is 9.79 Å². The molecule has 0 fully saturated rings. The number of hydrogen-bond acceptors (Lipinski definition) is 4. The molecule has 154 valence electrons. The number of carbonyl (C=O) groups is 1. The minimum Gasteiger partial charge on any atom is -0.356 e. The van der Waals surface area contributed by atoms with Crippen LogP contribution in [0.4, 0.5) is 0 Å². The average molecular weight is 511 g/mol. The third kappa shape index (κ3) is 10.5. The maximum atomic E-state index is 11.7. The summed E-state index contributed by atoms with van der Waals surface area (Å²) < 4.78 is 25.3. The van der Waals surface area contributed by atoms with E-state index in [1.54, 1.807) is 34.0 Å². The molecule has 8 nitrogen and oxygen atoms in total. The Balaban J connectivity index is 0.00000676. The molecule has 10 heteroatoms. The Morgan fingerprint density at radius 1 is 1.22 bits per heavy atom. The summed E-state index contributed by atoms with van der Waals surface area (Å²) in [5.41, 5.74) is 1.02. The van der Waals surface area contributed by atoms with Crippen molar-refractivity contribution in [1.82, 2.24) is 20.7 Å². The molecule has 0 aromatic heterocycles. The van der Waals surface area contributed by atoms with Crippen LogP contribution in [0.2, 0.25) is 0 Å². The molecule has 0 spiro atoms. The molecule has 0 atom stereocenters. The van der Waals surface area contributed by atoms with Crippen molar-refractivity contribution in [2.45, 2.75) is 25.8 Å². The first-order valence-electron chi connectivity index (χ1n) is 8.31. The van der Waals surface area contributed by atoms with Crippen LogP contribution >= 0.6 is 24.0 Å². The molecule has 0 saturated heterocycles. The highest BCUT2D eigenvalue weighted by molar-refractivity contribution is 14.0. The van der Waals surface area contributed by atoms with Gasteiger partial charge in [0.15, 0.2) is 5.96 Å². The topological polar surface area (TPSA) is 112 Å². The molecule has 0 aliphatic carbocycles. The van der Waals surface area contributed by atoms with E-state index >= 15 is 0 Å². The first-order valence-corrected chi connectivity index (χ1v) is 10.2. The first kappa shape index (κ1) is 25.6. The van der Waals surface area contributed by atoms with Crippen LogP contribution < -0.4 is 20.7 Å². The molecule has 0 aliphatic rings. The quantitative estimate of drug-likeness (QED) is 0.233. The molecular weight excluding hydrogens is 481 g/mol. The summed E-state index contributed by atoms with van der Waals surface area (Å²) >= 11 is 0. The SMILES string of the molecule is CN=C(NCCc1cccc(C(=O)NC)c1)NCC(C)(C)NS(C)(=O)=O.I. The molecule has 27 heavy (non-hydrogen) atoms. The summed E-state index contributed by atoms with van der Waals surface area (Å²) in [6.07, 6.45) is 1.85. The largest absolute Gasteiger partial charge is 0.356 e. The number of aliphatic imine (C=N–C) groups is 1. The molecule has 0 radical (unpaired) electrons. The van der Waals surface area contributed by atoms with Crippen molar-refractivity contribution in [2.75, 3.05) is 33.4 Å². The number of carbonyl (C=O) groups excluding carboxylic acids is 1. The zero-order valence-corrected chi connectivity index (χ0v) is 19.6. The predicted molar refractivity (Wildman–Crippen MR) is 120 cm³/mol. The van der Waals surface area contributed by atoms with E-state index in [9.17, 15) is 13.2 Å². The molecule has 1 amide bonds. The standard InChI is InChI=1S/C17H29N5O3S.HI/c1-17(2,22-26(5,24)25)12-21-16(19-4)20-10-9-13-7-6-8-14(11-13)15(23)18-3;/h6-8,11,22H,9-10,12H2,1-5H3,(H,18,23)(H2,19,20,21);1H. The number of nitrogens with one attached hydrogen (secondary N) is 4. The van der Waals surface area contributed by atoms with Crippen molar-refractivity contribution in [2.24, 2.45) is 4.99 Å². The molecule has 0 saturated carbocycles. The van der Waals surface area contributed by atoms with Gasteiger partial charge in [0.2, 0.25) is 10.0 Å². The van der Waals surface area contributed by atoms with Crippen LogP contribution in [0, 0.1) is 0 Å². The monoisotopic (exact) mass is 511 g/mol. The van der Waals surface area contributed by atoms with Crippen molar-refractivity contribution in [1.29, 1.82) is 0 Å². The van der Waals surface area contributed by atoms with Gasteiger partial charge >= 0.3 is 0 Å². The lowest BCUT2D eigenvalue weighted by Gasteiger charge is -2.26. The fraction of sp³-hybridized carbons (Fsp3) is 0.529. The number of guanidine groups is 1. The van der Waals surface area contributed by atoms with Gasteiger partial charge in [0, 0.05) is 38.3 Å². The Morgan fingerprint density at radius 2 is 1.89 bits per heavy atom. The average Bonchev–Trinajstić information content (AvgIpc) is 2.55. The Labute approximate surface area is 179 Å². The Kier molecular flexibility index (Phi) is 10.9. The van der Waals surface area contributed by atoms with Gasteiger partial charge in [0.25, 0.3) is 5.91 Å². The molecule has 1 rings (SSSR count). The summed E-state index contributed by atoms with van der Waals surface area (Å²) in [7, 11) is -0.0309. The van der Waals surface area contributed by atoms with Crippen molar-refractivity contribution < 1.29 is 13.2 Å². The number of halogens is 1. The predicted octanol–water partition coefficient (Wildman–Crippen LogP) is 0.700. The van der Waals surface area contributed by atoms with Crippen LogP contribution in [0.25, 0.3) is 0 Å². The van der Waals surface area contributed by atoms with E-state index in [-0.39, 0.29) is 29.9 Å². The minimum absolute atomic E-state index is 0. The number of nitrogens with zero attached hydrogens (tertiary/aromatic N) is 1. The highest BCUT2D eigenvalue weighted by Gasteiger charge is 2.22. The van der Waals surface area contributed by atoms with E-state index < -0.39 is 15.6 Å². The van der Waals surface area contributed by atoms with E-state index in [2.05, 4.69) is 25.7 Å². The number of amides is 1. The zero-order chi connectivity index (χ0) is 19.8. The second-order valence-corrected chi connectivity index (χ2v) is 8.39. The molecule has 0 bridgehead atoms. The molecule has 0 unspecified atom stereocenters. The molecule has 4 N–H and O–H groups in total. The molecular formula is C17H30IN5O3S. The van der Waals surface area contributed by atoms with Crippen LogP contribution in [0.3, 0.4) is 0 Å². The van der Waals surface area contributed by atoms with Gasteiger partial charge in [0.1, 0.15) is 0 Å². The van der Waals surface area contributed by atoms with Gasteiger partial charge < -0.3 is 16.0 Å². The number of hydrogen-bond donors (Lipinski definition) is 4. The van der Waals surface area contributed by atoms with E-state index in [0.29, 0.717) is 24.6 Å². The number of sulfonamides is 1. The highest BCUT2D eigenvalue weighted by Crippen LogP contribution is 2.06. The van der Waals surface area contributed by atoms with Crippen molar-refractivity contribution in [3.05, 3.63) is 35.4 Å². The lowest BCUT2D eigenvalue weighted by Crippen LogP contribution is -2.53. The third-order valence-corrected chi connectivity index (χ3v) is 4.43. The van der Waals surface area contributed by atoms with Crippen molar-refractivity contribution in [3.63, 3.8) is 0 Å². The summed E-state index contributed by atoms with van der Waals surface area (Å²) in [5, 5.41) is 8.89. The van der Waals surface area contributed by atoms with Gasteiger partial charge in [0.05, 0.1) is 6.26 Å². The smallest absolute Gasteiger partial charge is 0.251 e. The fourth-order valence-corrected chi connectivity index (χ4v) is 3.48. The maximum Gasteiger partial charge on any atom is 0.251 e. The van der Waals surface area contributed by atoms with Gasteiger partial charge in [-0.05, 0) is 38.0 Å². The van der Waals surface area contributed by atoms with Crippen LogP contribution in [-0.4, -0.2) is 59.3 Å². The molecule has 0 heterocycles. The normalized spacial score (nSPS) is 12.1. The van der Waals surface area contributed by atoms with Crippen LogP contribution in [0.5, 0.6) is 0 Å². The van der Waals surface area contributed by atoms with E-state index in [4.69, 9.17) is 0 Å². The van der Waals surface area contributed by atoms with Crippen molar-refractivity contribution >= 4 is 45.9 Å². The van der Waals surface area contributed by atoms with Crippen molar-refractivity contribution in [3.8, 4) is 0 Å². The summed E-state index contributed by atoms with van der Waals surface area (Å²) in [5.74, 6) is 0.466. The Bertz CT molecular complexity index is 751. The molecule has 1 aromatic carbocycles. The second kappa shape index (κ2) is 11.4. The zero-order valence-electron chi connectivity index (χ0n) is 16.4. The number of benzene rings is 1. The van der Waals surface area contributed by atoms with Gasteiger partial charge in [-0.25, -0.2) is 13.1 Å². The lowest BCUT2D eigenvalue weighted by molar-refractivity contribution is 0.0963.